The highest BCUT2D eigenvalue weighted by molar-refractivity contribution is 5.95. The Kier molecular flexibility index (Phi) is 4.09. The van der Waals surface area contributed by atoms with Crippen LogP contribution >= 0.6 is 0 Å². The Bertz CT molecular complexity index is 520. The second kappa shape index (κ2) is 5.77. The summed E-state index contributed by atoms with van der Waals surface area (Å²) < 4.78 is 6.58. The van der Waals surface area contributed by atoms with Crippen molar-refractivity contribution in [2.24, 2.45) is 0 Å². The third-order valence-electron chi connectivity index (χ3n) is 2.96. The van der Waals surface area contributed by atoms with E-state index in [9.17, 15) is 9.59 Å². The van der Waals surface area contributed by atoms with E-state index in [1.807, 2.05) is 6.92 Å². The Morgan fingerprint density at radius 2 is 2.32 bits per heavy atom. The molecule has 1 aliphatic rings. The van der Waals surface area contributed by atoms with Crippen LogP contribution in [0.3, 0.4) is 0 Å². The van der Waals surface area contributed by atoms with Gasteiger partial charge in [-0.25, -0.2) is 0 Å². The number of amides is 1. The van der Waals surface area contributed by atoms with Gasteiger partial charge in [-0.15, -0.1) is 0 Å². The van der Waals surface area contributed by atoms with Crippen molar-refractivity contribution < 1.29 is 9.53 Å². The van der Waals surface area contributed by atoms with E-state index in [1.165, 1.54) is 12.3 Å². The summed E-state index contributed by atoms with van der Waals surface area (Å²) in [6.45, 7) is 2.43. The number of hydrogen-bond acceptors (Lipinski definition) is 4. The lowest BCUT2D eigenvalue weighted by molar-refractivity contribution is 0.0937. The number of rotatable bonds is 6. The van der Waals surface area contributed by atoms with Crippen molar-refractivity contribution in [1.29, 1.82) is 0 Å². The molecule has 19 heavy (non-hydrogen) atoms. The number of ether oxygens (including phenoxy) is 1. The van der Waals surface area contributed by atoms with Gasteiger partial charge in [0.1, 0.15) is 0 Å². The SMILES string of the molecule is CCCCOc1c(C(=O)NC2CC2)n(N)ccc1=O. The lowest BCUT2D eigenvalue weighted by atomic mass is 10.3. The van der Waals surface area contributed by atoms with Crippen molar-refractivity contribution in [3.8, 4) is 5.75 Å². The van der Waals surface area contributed by atoms with Crippen LogP contribution in [0.15, 0.2) is 17.1 Å². The first kappa shape index (κ1) is 13.5. The molecular formula is C13H19N3O3. The van der Waals surface area contributed by atoms with Crippen molar-refractivity contribution in [3.05, 3.63) is 28.2 Å². The average Bonchev–Trinajstić information content (AvgIpc) is 3.17. The lowest BCUT2D eigenvalue weighted by Crippen LogP contribution is -2.33. The molecule has 0 bridgehead atoms. The van der Waals surface area contributed by atoms with Gasteiger partial charge in [0.15, 0.2) is 11.4 Å². The number of nitrogens with zero attached hydrogens (tertiary/aromatic N) is 1. The van der Waals surface area contributed by atoms with Gasteiger partial charge in [-0.3, -0.25) is 14.3 Å². The molecule has 0 saturated heterocycles. The Labute approximate surface area is 111 Å². The summed E-state index contributed by atoms with van der Waals surface area (Å²) in [6.07, 6.45) is 5.09. The van der Waals surface area contributed by atoms with Gasteiger partial charge < -0.3 is 15.9 Å². The fourth-order valence-corrected chi connectivity index (χ4v) is 1.69. The summed E-state index contributed by atoms with van der Waals surface area (Å²) in [6, 6.07) is 1.50. The van der Waals surface area contributed by atoms with E-state index < -0.39 is 0 Å². The zero-order valence-corrected chi connectivity index (χ0v) is 11.0. The van der Waals surface area contributed by atoms with E-state index >= 15 is 0 Å². The molecule has 0 aliphatic heterocycles. The van der Waals surface area contributed by atoms with E-state index in [0.29, 0.717) is 6.61 Å². The third-order valence-corrected chi connectivity index (χ3v) is 2.96. The number of carbonyl (C=O) groups is 1. The maximum Gasteiger partial charge on any atom is 0.274 e. The van der Waals surface area contributed by atoms with Crippen LogP contribution in [-0.2, 0) is 0 Å². The van der Waals surface area contributed by atoms with Crippen LogP contribution in [-0.4, -0.2) is 23.2 Å². The number of pyridine rings is 1. The summed E-state index contributed by atoms with van der Waals surface area (Å²) in [5, 5.41) is 2.81. The molecule has 1 aliphatic carbocycles. The van der Waals surface area contributed by atoms with E-state index in [4.69, 9.17) is 10.6 Å². The Balaban J connectivity index is 2.24. The first-order valence-corrected chi connectivity index (χ1v) is 6.58. The smallest absolute Gasteiger partial charge is 0.274 e. The van der Waals surface area contributed by atoms with Gasteiger partial charge in [0, 0.05) is 18.3 Å². The van der Waals surface area contributed by atoms with Crippen molar-refractivity contribution in [3.63, 3.8) is 0 Å². The number of aromatic nitrogens is 1. The Hall–Kier alpha value is -1.98. The molecule has 1 aromatic rings. The topological polar surface area (TPSA) is 86.3 Å². The van der Waals surface area contributed by atoms with Gasteiger partial charge in [0.2, 0.25) is 5.43 Å². The molecule has 1 aromatic heterocycles. The van der Waals surface area contributed by atoms with E-state index in [0.717, 1.165) is 30.4 Å². The minimum Gasteiger partial charge on any atom is -0.487 e. The molecule has 2 rings (SSSR count). The molecule has 104 valence electrons. The number of nitrogens with one attached hydrogen (secondary N) is 1. The van der Waals surface area contributed by atoms with Crippen LogP contribution in [0.1, 0.15) is 43.1 Å². The molecule has 0 radical (unpaired) electrons. The second-order valence-corrected chi connectivity index (χ2v) is 4.71. The van der Waals surface area contributed by atoms with Crippen molar-refractivity contribution in [2.45, 2.75) is 38.6 Å². The van der Waals surface area contributed by atoms with Gasteiger partial charge in [-0.05, 0) is 19.3 Å². The zero-order valence-electron chi connectivity index (χ0n) is 11.0. The molecule has 3 N–H and O–H groups in total. The highest BCUT2D eigenvalue weighted by atomic mass is 16.5. The fraction of sp³-hybridized carbons (Fsp3) is 0.538. The van der Waals surface area contributed by atoms with E-state index in [2.05, 4.69) is 5.32 Å². The summed E-state index contributed by atoms with van der Waals surface area (Å²) in [5.41, 5.74) is -0.228. The van der Waals surface area contributed by atoms with Crippen molar-refractivity contribution >= 4 is 5.91 Å². The highest BCUT2D eigenvalue weighted by Crippen LogP contribution is 2.20. The van der Waals surface area contributed by atoms with Crippen LogP contribution in [0.4, 0.5) is 0 Å². The number of nitrogen functional groups attached to an aromatic ring is 1. The molecule has 6 nitrogen and oxygen atoms in total. The molecule has 6 heteroatoms. The van der Waals surface area contributed by atoms with Crippen LogP contribution in [0, 0.1) is 0 Å². The highest BCUT2D eigenvalue weighted by Gasteiger charge is 2.27. The Morgan fingerprint density at radius 3 is 2.95 bits per heavy atom. The molecule has 0 atom stereocenters. The minimum atomic E-state index is -0.353. The van der Waals surface area contributed by atoms with Crippen LogP contribution in [0.5, 0.6) is 5.75 Å². The number of nitrogens with two attached hydrogens (primary N) is 1. The predicted octanol–water partition coefficient (Wildman–Crippen LogP) is 0.633. The molecule has 1 amide bonds. The minimum absolute atomic E-state index is 0.0385. The summed E-state index contributed by atoms with van der Waals surface area (Å²) in [4.78, 5) is 23.9. The van der Waals surface area contributed by atoms with Gasteiger partial charge in [0.05, 0.1) is 6.61 Å². The van der Waals surface area contributed by atoms with Gasteiger partial charge in [-0.2, -0.15) is 0 Å². The van der Waals surface area contributed by atoms with Gasteiger partial charge in [0.25, 0.3) is 5.91 Å². The van der Waals surface area contributed by atoms with Crippen molar-refractivity contribution in [2.75, 3.05) is 12.4 Å². The van der Waals surface area contributed by atoms with Crippen LogP contribution in [0.25, 0.3) is 0 Å². The quantitative estimate of drug-likeness (QED) is 0.583. The molecular weight excluding hydrogens is 246 g/mol. The maximum absolute atomic E-state index is 12.1. The molecule has 1 heterocycles. The number of hydrogen-bond donors (Lipinski definition) is 2. The molecule has 1 fully saturated rings. The predicted molar refractivity (Wildman–Crippen MR) is 71.7 cm³/mol. The first-order chi connectivity index (χ1) is 9.13. The monoisotopic (exact) mass is 265 g/mol. The van der Waals surface area contributed by atoms with E-state index in [-0.39, 0.29) is 28.8 Å². The molecule has 0 aromatic carbocycles. The normalized spacial score (nSPS) is 14.2. The molecule has 0 spiro atoms. The molecule has 1 saturated carbocycles. The summed E-state index contributed by atoms with van der Waals surface area (Å²) >= 11 is 0. The van der Waals surface area contributed by atoms with Crippen LogP contribution < -0.4 is 21.3 Å². The van der Waals surface area contributed by atoms with Gasteiger partial charge >= 0.3 is 0 Å². The first-order valence-electron chi connectivity index (χ1n) is 6.58. The zero-order chi connectivity index (χ0) is 13.8. The van der Waals surface area contributed by atoms with Crippen LogP contribution in [0.2, 0.25) is 0 Å². The summed E-state index contributed by atoms with van der Waals surface area (Å²) in [7, 11) is 0. The number of carbonyl (C=O) groups excluding carboxylic acids is 1. The Morgan fingerprint density at radius 1 is 1.58 bits per heavy atom. The van der Waals surface area contributed by atoms with Crippen molar-refractivity contribution in [1.82, 2.24) is 9.99 Å². The average molecular weight is 265 g/mol. The summed E-state index contributed by atoms with van der Waals surface area (Å²) in [5.74, 6) is 5.41. The standard InChI is InChI=1S/C13H19N3O3/c1-2-3-8-19-12-10(17)6-7-16(14)11(12)13(18)15-9-4-5-9/h6-7,9H,2-5,8,14H2,1H3,(H,15,18). The fourth-order valence-electron chi connectivity index (χ4n) is 1.69. The largest absolute Gasteiger partial charge is 0.487 e. The third kappa shape index (κ3) is 3.27. The number of unbranched alkanes of at least 4 members (excludes halogenated alkanes) is 1. The molecule has 0 unspecified atom stereocenters. The second-order valence-electron chi connectivity index (χ2n) is 4.71. The lowest BCUT2D eigenvalue weighted by Gasteiger charge is -2.13. The van der Waals surface area contributed by atoms with E-state index in [1.54, 1.807) is 0 Å². The van der Waals surface area contributed by atoms with Gasteiger partial charge in [-0.1, -0.05) is 13.3 Å². The maximum atomic E-state index is 12.1.